The zero-order valence-corrected chi connectivity index (χ0v) is 15.5. The van der Waals surface area contributed by atoms with E-state index in [9.17, 15) is 4.79 Å². The Kier molecular flexibility index (Phi) is 5.99. The summed E-state index contributed by atoms with van der Waals surface area (Å²) in [5, 5.41) is 9.37. The quantitative estimate of drug-likeness (QED) is 0.589. The van der Waals surface area contributed by atoms with Crippen molar-refractivity contribution in [1.29, 1.82) is 0 Å². The van der Waals surface area contributed by atoms with Crippen molar-refractivity contribution in [1.82, 2.24) is 9.97 Å². The number of aryl methyl sites for hydroxylation is 1. The largest absolute Gasteiger partial charge is 0.370 e. The maximum atomic E-state index is 11.1. The van der Waals surface area contributed by atoms with Crippen molar-refractivity contribution in [3.63, 3.8) is 0 Å². The lowest BCUT2D eigenvalue weighted by Crippen LogP contribution is -2.08. The van der Waals surface area contributed by atoms with E-state index in [-0.39, 0.29) is 5.91 Å². The minimum absolute atomic E-state index is 0.0895. The van der Waals surface area contributed by atoms with Gasteiger partial charge in [0.05, 0.1) is 0 Å². The first-order valence-electron chi connectivity index (χ1n) is 8.87. The molecule has 0 saturated carbocycles. The van der Waals surface area contributed by atoms with E-state index in [1.165, 1.54) is 12.5 Å². The summed E-state index contributed by atoms with van der Waals surface area (Å²) in [5.74, 6) is 2.11. The van der Waals surface area contributed by atoms with Crippen LogP contribution >= 0.6 is 0 Å². The third-order valence-corrected chi connectivity index (χ3v) is 3.88. The van der Waals surface area contributed by atoms with Gasteiger partial charge in [-0.15, -0.1) is 0 Å². The number of aromatic nitrogens is 2. The van der Waals surface area contributed by atoms with Gasteiger partial charge in [-0.3, -0.25) is 4.79 Å². The summed E-state index contributed by atoms with van der Waals surface area (Å²) >= 11 is 0. The normalized spacial score (nSPS) is 10.3. The summed E-state index contributed by atoms with van der Waals surface area (Å²) in [6, 6.07) is 19.7. The number of hydrogen-bond acceptors (Lipinski definition) is 5. The lowest BCUT2D eigenvalue weighted by atomic mass is 10.1. The molecule has 0 radical (unpaired) electrons. The van der Waals surface area contributed by atoms with Gasteiger partial charge >= 0.3 is 0 Å². The number of amides is 1. The van der Waals surface area contributed by atoms with Crippen molar-refractivity contribution in [2.24, 2.45) is 0 Å². The Morgan fingerprint density at radius 2 is 1.59 bits per heavy atom. The zero-order chi connectivity index (χ0) is 19.1. The molecule has 2 aromatic carbocycles. The molecular formula is C21H23N5O. The maximum Gasteiger partial charge on any atom is 0.221 e. The number of hydrogen-bond donors (Lipinski definition) is 3. The standard InChI is InChI=1S/C21H23N5O/c1-15-23-20(22-13-12-17-6-4-3-5-7-17)14-21(24-15)26-19-10-8-18(9-11-19)25-16(2)27/h3-11,14H,12-13H2,1-2H3,(H,25,27)(H2,22,23,24,26). The lowest BCUT2D eigenvalue weighted by Gasteiger charge is -2.11. The van der Waals surface area contributed by atoms with Gasteiger partial charge in [0.1, 0.15) is 17.5 Å². The highest BCUT2D eigenvalue weighted by molar-refractivity contribution is 5.88. The van der Waals surface area contributed by atoms with E-state index >= 15 is 0 Å². The second-order valence-corrected chi connectivity index (χ2v) is 6.23. The fraction of sp³-hybridized carbons (Fsp3) is 0.190. The molecule has 6 nitrogen and oxygen atoms in total. The molecule has 0 aliphatic rings. The van der Waals surface area contributed by atoms with Crippen LogP contribution in [0.2, 0.25) is 0 Å². The van der Waals surface area contributed by atoms with Crippen LogP contribution in [0.3, 0.4) is 0 Å². The lowest BCUT2D eigenvalue weighted by molar-refractivity contribution is -0.114. The van der Waals surface area contributed by atoms with Crippen molar-refractivity contribution >= 4 is 28.9 Å². The number of nitrogens with zero attached hydrogens (tertiary/aromatic N) is 2. The highest BCUT2D eigenvalue weighted by Crippen LogP contribution is 2.19. The van der Waals surface area contributed by atoms with Gasteiger partial charge in [0.25, 0.3) is 0 Å². The van der Waals surface area contributed by atoms with E-state index in [1.807, 2.05) is 55.5 Å². The molecule has 138 valence electrons. The topological polar surface area (TPSA) is 78.9 Å². The molecule has 0 spiro atoms. The summed E-state index contributed by atoms with van der Waals surface area (Å²) in [6.07, 6.45) is 0.928. The van der Waals surface area contributed by atoms with Crippen LogP contribution < -0.4 is 16.0 Å². The number of rotatable bonds is 7. The van der Waals surface area contributed by atoms with Crippen molar-refractivity contribution in [2.75, 3.05) is 22.5 Å². The minimum Gasteiger partial charge on any atom is -0.370 e. The molecule has 6 heteroatoms. The van der Waals surface area contributed by atoms with E-state index in [4.69, 9.17) is 0 Å². The third-order valence-electron chi connectivity index (χ3n) is 3.88. The van der Waals surface area contributed by atoms with Crippen LogP contribution in [-0.2, 0) is 11.2 Å². The first-order valence-corrected chi connectivity index (χ1v) is 8.87. The van der Waals surface area contributed by atoms with Crippen LogP contribution in [0.5, 0.6) is 0 Å². The highest BCUT2D eigenvalue weighted by Gasteiger charge is 2.03. The highest BCUT2D eigenvalue weighted by atomic mass is 16.1. The molecular weight excluding hydrogens is 338 g/mol. The first-order chi connectivity index (χ1) is 13.1. The van der Waals surface area contributed by atoms with Gasteiger partial charge in [-0.1, -0.05) is 30.3 Å². The maximum absolute atomic E-state index is 11.1. The second-order valence-electron chi connectivity index (χ2n) is 6.23. The minimum atomic E-state index is -0.0895. The second kappa shape index (κ2) is 8.80. The predicted octanol–water partition coefficient (Wildman–Crippen LogP) is 4.14. The smallest absolute Gasteiger partial charge is 0.221 e. The first kappa shape index (κ1) is 18.4. The molecule has 0 atom stereocenters. The third kappa shape index (κ3) is 5.81. The summed E-state index contributed by atoms with van der Waals surface area (Å²) in [6.45, 7) is 4.15. The molecule has 0 bridgehead atoms. The van der Waals surface area contributed by atoms with E-state index in [0.717, 1.165) is 36.0 Å². The number of nitrogens with one attached hydrogen (secondary N) is 3. The molecule has 3 N–H and O–H groups in total. The van der Waals surface area contributed by atoms with Gasteiger partial charge in [0.15, 0.2) is 0 Å². The summed E-state index contributed by atoms with van der Waals surface area (Å²) < 4.78 is 0. The fourth-order valence-electron chi connectivity index (χ4n) is 2.69. The molecule has 0 aliphatic heterocycles. The molecule has 1 amide bonds. The van der Waals surface area contributed by atoms with Crippen molar-refractivity contribution < 1.29 is 4.79 Å². The Bertz CT molecular complexity index is 894. The van der Waals surface area contributed by atoms with Crippen LogP contribution in [0.4, 0.5) is 23.0 Å². The Morgan fingerprint density at radius 3 is 2.30 bits per heavy atom. The molecule has 0 saturated heterocycles. The predicted molar refractivity (Wildman–Crippen MR) is 109 cm³/mol. The van der Waals surface area contributed by atoms with E-state index in [2.05, 4.69) is 38.1 Å². The number of benzene rings is 2. The number of anilines is 4. The van der Waals surface area contributed by atoms with Gasteiger partial charge in [-0.05, 0) is 43.2 Å². The van der Waals surface area contributed by atoms with Gasteiger partial charge in [-0.2, -0.15) is 0 Å². The summed E-state index contributed by atoms with van der Waals surface area (Å²) in [4.78, 5) is 20.0. The van der Waals surface area contributed by atoms with Crippen molar-refractivity contribution in [3.8, 4) is 0 Å². The van der Waals surface area contributed by atoms with Gasteiger partial charge < -0.3 is 16.0 Å². The summed E-state index contributed by atoms with van der Waals surface area (Å²) in [7, 11) is 0. The van der Waals surface area contributed by atoms with Crippen molar-refractivity contribution in [3.05, 3.63) is 72.1 Å². The van der Waals surface area contributed by atoms with Gasteiger partial charge in [0, 0.05) is 30.9 Å². The average Bonchev–Trinajstić information content (AvgIpc) is 2.63. The van der Waals surface area contributed by atoms with Crippen LogP contribution in [-0.4, -0.2) is 22.4 Å². The average molecular weight is 361 g/mol. The molecule has 3 aromatic rings. The Morgan fingerprint density at radius 1 is 0.926 bits per heavy atom. The van der Waals surface area contributed by atoms with E-state index < -0.39 is 0 Å². The molecule has 0 fully saturated rings. The molecule has 1 aromatic heterocycles. The zero-order valence-electron chi connectivity index (χ0n) is 15.5. The molecule has 27 heavy (non-hydrogen) atoms. The van der Waals surface area contributed by atoms with E-state index in [0.29, 0.717) is 5.82 Å². The van der Waals surface area contributed by atoms with Crippen LogP contribution in [0.15, 0.2) is 60.7 Å². The SMILES string of the molecule is CC(=O)Nc1ccc(Nc2cc(NCCc3ccccc3)nc(C)n2)cc1. The summed E-state index contributed by atoms with van der Waals surface area (Å²) in [5.41, 5.74) is 2.93. The Hall–Kier alpha value is -3.41. The van der Waals surface area contributed by atoms with Crippen LogP contribution in [0.1, 0.15) is 18.3 Å². The number of carbonyl (C=O) groups excluding carboxylic acids is 1. The molecule has 0 aliphatic carbocycles. The van der Waals surface area contributed by atoms with Crippen LogP contribution in [0, 0.1) is 6.92 Å². The Balaban J connectivity index is 1.61. The number of carbonyl (C=O) groups is 1. The monoisotopic (exact) mass is 361 g/mol. The Labute approximate surface area is 159 Å². The van der Waals surface area contributed by atoms with Crippen LogP contribution in [0.25, 0.3) is 0 Å². The molecule has 3 rings (SSSR count). The van der Waals surface area contributed by atoms with Crippen molar-refractivity contribution in [2.45, 2.75) is 20.3 Å². The van der Waals surface area contributed by atoms with Gasteiger partial charge in [-0.25, -0.2) is 9.97 Å². The molecule has 1 heterocycles. The molecule has 0 unspecified atom stereocenters. The van der Waals surface area contributed by atoms with E-state index in [1.54, 1.807) is 0 Å². The fourth-order valence-corrected chi connectivity index (χ4v) is 2.69. The van der Waals surface area contributed by atoms with Gasteiger partial charge in [0.2, 0.25) is 5.91 Å².